The lowest BCUT2D eigenvalue weighted by atomic mass is 10.0. The zero-order chi connectivity index (χ0) is 19.6. The van der Waals surface area contributed by atoms with Crippen LogP contribution in [-0.2, 0) is 14.9 Å². The Labute approximate surface area is 162 Å². The van der Waals surface area contributed by atoms with E-state index in [9.17, 15) is 13.2 Å². The summed E-state index contributed by atoms with van der Waals surface area (Å²) in [6.45, 7) is 1.15. The molecule has 0 radical (unpaired) electrons. The topological polar surface area (TPSA) is 87.5 Å². The summed E-state index contributed by atoms with van der Waals surface area (Å²) in [6.07, 6.45) is 3.50. The molecule has 2 aromatic carbocycles. The molecule has 3 aromatic rings. The van der Waals surface area contributed by atoms with Crippen LogP contribution in [0.5, 0.6) is 5.75 Å². The lowest BCUT2D eigenvalue weighted by molar-refractivity contribution is 0.103. The van der Waals surface area contributed by atoms with Crippen molar-refractivity contribution >= 4 is 15.9 Å². The Kier molecular flexibility index (Phi) is 4.97. The first-order valence-electron chi connectivity index (χ1n) is 8.79. The van der Waals surface area contributed by atoms with Gasteiger partial charge in [-0.1, -0.05) is 30.3 Å². The van der Waals surface area contributed by atoms with Crippen LogP contribution in [0, 0.1) is 0 Å². The molecule has 0 bridgehead atoms. The van der Waals surface area contributed by atoms with Crippen LogP contribution < -0.4 is 4.18 Å². The molecular formula is C20H18N2O5S. The molecule has 0 aliphatic carbocycles. The quantitative estimate of drug-likeness (QED) is 0.469. The Balaban J connectivity index is 1.48. The second-order valence-corrected chi connectivity index (χ2v) is 7.98. The summed E-state index contributed by atoms with van der Waals surface area (Å²) in [7, 11) is -4.02. The van der Waals surface area contributed by atoms with E-state index in [0.29, 0.717) is 24.3 Å². The fourth-order valence-electron chi connectivity index (χ4n) is 2.97. The average molecular weight is 398 g/mol. The Morgan fingerprint density at radius 2 is 1.79 bits per heavy atom. The first kappa shape index (κ1) is 18.4. The smallest absolute Gasteiger partial charge is 0.342 e. The monoisotopic (exact) mass is 398 g/mol. The molecule has 0 spiro atoms. The van der Waals surface area contributed by atoms with Crippen LogP contribution in [0.15, 0.2) is 71.9 Å². The molecule has 1 aromatic heterocycles. The molecule has 2 heterocycles. The van der Waals surface area contributed by atoms with Gasteiger partial charge in [0.2, 0.25) is 0 Å². The third-order valence-electron chi connectivity index (χ3n) is 4.50. The maximum atomic E-state index is 12.5. The number of nitrogens with zero attached hydrogens (tertiary/aromatic N) is 2. The van der Waals surface area contributed by atoms with E-state index in [4.69, 9.17) is 8.92 Å². The Morgan fingerprint density at radius 1 is 1.07 bits per heavy atom. The SMILES string of the molecule is O=C(c1ccccc1)c1ccc(OS(=O)(=O)c2cnn([C@H]3CCOC3)c2)cc1. The maximum Gasteiger partial charge on any atom is 0.342 e. The highest BCUT2D eigenvalue weighted by Gasteiger charge is 2.23. The van der Waals surface area contributed by atoms with Gasteiger partial charge in [0.25, 0.3) is 0 Å². The molecular weight excluding hydrogens is 380 g/mol. The molecule has 1 aliphatic heterocycles. The van der Waals surface area contributed by atoms with Crippen LogP contribution in [0.4, 0.5) is 0 Å². The van der Waals surface area contributed by atoms with E-state index in [1.807, 2.05) is 6.07 Å². The van der Waals surface area contributed by atoms with Gasteiger partial charge >= 0.3 is 10.1 Å². The molecule has 144 valence electrons. The van der Waals surface area contributed by atoms with E-state index in [-0.39, 0.29) is 22.5 Å². The van der Waals surface area contributed by atoms with Gasteiger partial charge in [0.05, 0.1) is 18.8 Å². The van der Waals surface area contributed by atoms with E-state index >= 15 is 0 Å². The van der Waals surface area contributed by atoms with Crippen LogP contribution in [0.25, 0.3) is 0 Å². The Hall–Kier alpha value is -2.97. The average Bonchev–Trinajstić information content (AvgIpc) is 3.40. The van der Waals surface area contributed by atoms with Crippen LogP contribution in [0.3, 0.4) is 0 Å². The van der Waals surface area contributed by atoms with Crippen LogP contribution in [0.1, 0.15) is 28.4 Å². The number of ketones is 1. The molecule has 8 heteroatoms. The molecule has 0 N–H and O–H groups in total. The second-order valence-electron chi connectivity index (χ2n) is 6.43. The Bertz CT molecular complexity index is 1070. The second kappa shape index (κ2) is 7.57. The molecule has 4 rings (SSSR count). The number of hydrogen-bond donors (Lipinski definition) is 0. The normalized spacial score (nSPS) is 16.8. The van der Waals surface area contributed by atoms with Crippen molar-refractivity contribution in [3.05, 3.63) is 78.1 Å². The minimum Gasteiger partial charge on any atom is -0.379 e. The van der Waals surface area contributed by atoms with Crippen molar-refractivity contribution in [2.45, 2.75) is 17.4 Å². The zero-order valence-corrected chi connectivity index (χ0v) is 15.7. The third kappa shape index (κ3) is 3.83. The summed E-state index contributed by atoms with van der Waals surface area (Å²) in [6, 6.07) is 14.9. The number of ether oxygens (including phenoxy) is 1. The highest BCUT2D eigenvalue weighted by molar-refractivity contribution is 7.87. The van der Waals surface area contributed by atoms with Gasteiger partial charge < -0.3 is 8.92 Å². The van der Waals surface area contributed by atoms with E-state index < -0.39 is 10.1 Å². The third-order valence-corrected chi connectivity index (χ3v) is 5.70. The highest BCUT2D eigenvalue weighted by Crippen LogP contribution is 2.23. The van der Waals surface area contributed by atoms with Crippen LogP contribution in [0.2, 0.25) is 0 Å². The molecule has 1 fully saturated rings. The van der Waals surface area contributed by atoms with Crippen molar-refractivity contribution in [3.63, 3.8) is 0 Å². The zero-order valence-electron chi connectivity index (χ0n) is 14.9. The summed E-state index contributed by atoms with van der Waals surface area (Å²) in [4.78, 5) is 12.4. The summed E-state index contributed by atoms with van der Waals surface area (Å²) < 4.78 is 37.1. The van der Waals surface area contributed by atoms with Crippen molar-refractivity contribution < 1.29 is 22.1 Å². The van der Waals surface area contributed by atoms with Crippen molar-refractivity contribution in [1.82, 2.24) is 9.78 Å². The maximum absolute atomic E-state index is 12.5. The molecule has 0 unspecified atom stereocenters. The predicted molar refractivity (Wildman–Crippen MR) is 101 cm³/mol. The number of benzene rings is 2. The lowest BCUT2D eigenvalue weighted by Gasteiger charge is -2.08. The van der Waals surface area contributed by atoms with Crippen LogP contribution >= 0.6 is 0 Å². The number of carbonyl (C=O) groups excluding carboxylic acids is 1. The lowest BCUT2D eigenvalue weighted by Crippen LogP contribution is -2.11. The fourth-order valence-corrected chi connectivity index (χ4v) is 3.85. The molecule has 28 heavy (non-hydrogen) atoms. The summed E-state index contributed by atoms with van der Waals surface area (Å²) in [5.41, 5.74) is 1.01. The predicted octanol–water partition coefficient (Wildman–Crippen LogP) is 2.84. The fraction of sp³-hybridized carbons (Fsp3) is 0.200. The summed E-state index contributed by atoms with van der Waals surface area (Å²) in [5.74, 6) is -0.0170. The van der Waals surface area contributed by atoms with Crippen molar-refractivity contribution in [3.8, 4) is 5.75 Å². The summed E-state index contributed by atoms with van der Waals surface area (Å²) in [5, 5.41) is 4.11. The highest BCUT2D eigenvalue weighted by atomic mass is 32.2. The van der Waals surface area contributed by atoms with Gasteiger partial charge in [-0.3, -0.25) is 9.48 Å². The molecule has 1 aliphatic rings. The first-order valence-corrected chi connectivity index (χ1v) is 10.2. The van der Waals surface area contributed by atoms with Crippen molar-refractivity contribution in [1.29, 1.82) is 0 Å². The minimum absolute atomic E-state index is 0.0242. The molecule has 0 amide bonds. The standard InChI is InChI=1S/C20H18N2O5S/c23-20(15-4-2-1-3-5-15)16-6-8-18(9-7-16)27-28(24,25)19-12-21-22(13-19)17-10-11-26-14-17/h1-9,12-13,17H,10-11,14H2/t17-/m0/s1. The van der Waals surface area contributed by atoms with E-state index in [1.54, 1.807) is 41.1 Å². The van der Waals surface area contributed by atoms with Crippen molar-refractivity contribution in [2.24, 2.45) is 0 Å². The van der Waals surface area contributed by atoms with Gasteiger partial charge in [-0.05, 0) is 30.7 Å². The van der Waals surface area contributed by atoms with Gasteiger partial charge in [0.1, 0.15) is 10.6 Å². The van der Waals surface area contributed by atoms with Gasteiger partial charge in [0.15, 0.2) is 5.78 Å². The van der Waals surface area contributed by atoms with Gasteiger partial charge in [-0.15, -0.1) is 0 Å². The van der Waals surface area contributed by atoms with Crippen molar-refractivity contribution in [2.75, 3.05) is 13.2 Å². The minimum atomic E-state index is -4.02. The molecule has 7 nitrogen and oxygen atoms in total. The van der Waals surface area contributed by atoms with E-state index in [2.05, 4.69) is 5.10 Å². The number of carbonyl (C=O) groups is 1. The molecule has 0 saturated carbocycles. The van der Waals surface area contributed by atoms with E-state index in [0.717, 1.165) is 6.42 Å². The number of aromatic nitrogens is 2. The van der Waals surface area contributed by atoms with Gasteiger partial charge in [0, 0.05) is 23.9 Å². The number of rotatable bonds is 6. The van der Waals surface area contributed by atoms with Crippen LogP contribution in [-0.4, -0.2) is 37.2 Å². The van der Waals surface area contributed by atoms with Gasteiger partial charge in [-0.2, -0.15) is 13.5 Å². The first-order chi connectivity index (χ1) is 13.5. The summed E-state index contributed by atoms with van der Waals surface area (Å²) >= 11 is 0. The van der Waals surface area contributed by atoms with E-state index in [1.165, 1.54) is 24.5 Å². The molecule has 1 atom stereocenters. The Morgan fingerprint density at radius 3 is 2.46 bits per heavy atom. The number of hydrogen-bond acceptors (Lipinski definition) is 6. The largest absolute Gasteiger partial charge is 0.379 e. The van der Waals surface area contributed by atoms with Gasteiger partial charge in [-0.25, -0.2) is 0 Å². The molecule has 1 saturated heterocycles.